The Balaban J connectivity index is 1.42. The summed E-state index contributed by atoms with van der Waals surface area (Å²) in [5.74, 6) is -4.57. The van der Waals surface area contributed by atoms with E-state index in [-0.39, 0.29) is 12.5 Å². The minimum atomic E-state index is -1.64. The lowest BCUT2D eigenvalue weighted by molar-refractivity contribution is -0.139. The molecule has 2 N–H and O–H groups in total. The lowest BCUT2D eigenvalue weighted by atomic mass is 9.98. The van der Waals surface area contributed by atoms with Gasteiger partial charge in [0.1, 0.15) is 24.3 Å². The van der Waals surface area contributed by atoms with Gasteiger partial charge in [-0.1, -0.05) is 48.5 Å². The third-order valence-electron chi connectivity index (χ3n) is 5.55. The van der Waals surface area contributed by atoms with Gasteiger partial charge in [0.2, 0.25) is 0 Å². The summed E-state index contributed by atoms with van der Waals surface area (Å²) < 4.78 is 32.2. The fraction of sp³-hybridized carbons (Fsp3) is 0.160. The topological polar surface area (TPSA) is 92.7 Å². The molecule has 0 saturated heterocycles. The highest BCUT2D eigenvalue weighted by Gasteiger charge is 2.30. The highest BCUT2D eigenvalue weighted by molar-refractivity contribution is 5.99. The van der Waals surface area contributed by atoms with Crippen molar-refractivity contribution in [3.8, 4) is 11.1 Å². The summed E-state index contributed by atoms with van der Waals surface area (Å²) in [7, 11) is 0. The normalized spacial score (nSPS) is 13.0. The largest absolute Gasteiger partial charge is 0.480 e. The Morgan fingerprint density at radius 3 is 2.12 bits per heavy atom. The van der Waals surface area contributed by atoms with Gasteiger partial charge in [-0.25, -0.2) is 18.4 Å². The van der Waals surface area contributed by atoms with Crippen molar-refractivity contribution in [3.05, 3.63) is 95.1 Å². The number of carboxylic acid groups (broad SMARTS) is 1. The Bertz CT molecular complexity index is 1200. The molecule has 168 valence electrons. The number of hydrogen-bond donors (Lipinski definition) is 2. The Morgan fingerprint density at radius 1 is 0.939 bits per heavy atom. The number of amides is 1. The average molecular weight is 451 g/mol. The van der Waals surface area contributed by atoms with Gasteiger partial charge in [-0.3, -0.25) is 4.79 Å². The maximum Gasteiger partial charge on any atom is 0.407 e. The molecule has 0 saturated carbocycles. The van der Waals surface area contributed by atoms with Gasteiger partial charge in [0, 0.05) is 18.4 Å². The SMILES string of the molecule is O=C(NC(CC(=O)c1ccc(F)cc1F)C(=O)O)OCC1c2ccccc2-c2ccccc21. The first-order valence-corrected chi connectivity index (χ1v) is 10.2. The van der Waals surface area contributed by atoms with Crippen LogP contribution in [0.2, 0.25) is 0 Å². The first kappa shape index (κ1) is 22.1. The molecule has 0 fully saturated rings. The first-order chi connectivity index (χ1) is 15.8. The van der Waals surface area contributed by atoms with Gasteiger partial charge < -0.3 is 15.2 Å². The Morgan fingerprint density at radius 2 is 1.55 bits per heavy atom. The monoisotopic (exact) mass is 451 g/mol. The van der Waals surface area contributed by atoms with E-state index in [2.05, 4.69) is 5.32 Å². The summed E-state index contributed by atoms with van der Waals surface area (Å²) in [4.78, 5) is 36.2. The standard InChI is InChI=1S/C25H19F2NO5/c26-14-9-10-19(21(27)11-14)23(29)12-22(24(30)31)28-25(32)33-13-20-17-7-3-1-5-15(17)16-6-2-4-8-18(16)20/h1-11,20,22H,12-13H2,(H,28,32)(H,30,31). The molecular weight excluding hydrogens is 432 g/mol. The number of halogens is 2. The van der Waals surface area contributed by atoms with Crippen LogP contribution in [0, 0.1) is 11.6 Å². The molecule has 6 nitrogen and oxygen atoms in total. The highest BCUT2D eigenvalue weighted by Crippen LogP contribution is 2.44. The van der Waals surface area contributed by atoms with E-state index in [4.69, 9.17) is 4.74 Å². The second-order valence-electron chi connectivity index (χ2n) is 7.61. The lowest BCUT2D eigenvalue weighted by Crippen LogP contribution is -2.42. The van der Waals surface area contributed by atoms with Gasteiger partial charge in [-0.15, -0.1) is 0 Å². The molecule has 1 atom stereocenters. The zero-order chi connectivity index (χ0) is 23.5. The number of aliphatic carboxylic acids is 1. The first-order valence-electron chi connectivity index (χ1n) is 10.2. The minimum absolute atomic E-state index is 0.0350. The molecule has 8 heteroatoms. The summed E-state index contributed by atoms with van der Waals surface area (Å²) in [5.41, 5.74) is 3.60. The molecule has 33 heavy (non-hydrogen) atoms. The predicted octanol–water partition coefficient (Wildman–Crippen LogP) is 4.53. The van der Waals surface area contributed by atoms with E-state index in [1.165, 1.54) is 0 Å². The van der Waals surface area contributed by atoms with E-state index in [0.717, 1.165) is 34.4 Å². The molecule has 0 spiro atoms. The van der Waals surface area contributed by atoms with Crippen LogP contribution in [0.25, 0.3) is 11.1 Å². The summed E-state index contributed by atoms with van der Waals surface area (Å²) in [6.07, 6.45) is -1.74. The van der Waals surface area contributed by atoms with Crippen molar-refractivity contribution in [2.24, 2.45) is 0 Å². The fourth-order valence-corrected chi connectivity index (χ4v) is 3.99. The number of alkyl carbamates (subject to hydrolysis) is 1. The van der Waals surface area contributed by atoms with Crippen LogP contribution in [0.4, 0.5) is 13.6 Å². The van der Waals surface area contributed by atoms with Crippen molar-refractivity contribution in [2.45, 2.75) is 18.4 Å². The number of fused-ring (bicyclic) bond motifs is 3. The molecule has 1 aliphatic carbocycles. The third-order valence-corrected chi connectivity index (χ3v) is 5.55. The Labute approximate surface area is 187 Å². The van der Waals surface area contributed by atoms with Gasteiger partial charge in [-0.05, 0) is 34.4 Å². The molecule has 4 rings (SSSR count). The van der Waals surface area contributed by atoms with E-state index in [1.807, 2.05) is 48.5 Å². The maximum atomic E-state index is 13.8. The summed E-state index contributed by atoms with van der Waals surface area (Å²) in [6.45, 7) is -0.0350. The number of hydrogen-bond acceptors (Lipinski definition) is 4. The fourth-order valence-electron chi connectivity index (χ4n) is 3.99. The van der Waals surface area contributed by atoms with Crippen LogP contribution in [0.1, 0.15) is 33.8 Å². The maximum absolute atomic E-state index is 13.8. The van der Waals surface area contributed by atoms with E-state index in [9.17, 15) is 28.3 Å². The number of rotatable bonds is 7. The second-order valence-corrected chi connectivity index (χ2v) is 7.61. The zero-order valence-electron chi connectivity index (χ0n) is 17.3. The van der Waals surface area contributed by atoms with Gasteiger partial charge in [0.25, 0.3) is 0 Å². The van der Waals surface area contributed by atoms with Crippen LogP contribution in [-0.2, 0) is 9.53 Å². The number of carboxylic acids is 1. The number of nitrogens with one attached hydrogen (secondary N) is 1. The minimum Gasteiger partial charge on any atom is -0.480 e. The van der Waals surface area contributed by atoms with Crippen LogP contribution >= 0.6 is 0 Å². The number of ether oxygens (including phenoxy) is 1. The highest BCUT2D eigenvalue weighted by atomic mass is 19.1. The smallest absolute Gasteiger partial charge is 0.407 e. The number of ketones is 1. The zero-order valence-corrected chi connectivity index (χ0v) is 17.3. The predicted molar refractivity (Wildman–Crippen MR) is 115 cm³/mol. The van der Waals surface area contributed by atoms with E-state index in [1.54, 1.807) is 0 Å². The molecule has 0 aliphatic heterocycles. The van der Waals surface area contributed by atoms with Gasteiger partial charge in [-0.2, -0.15) is 0 Å². The lowest BCUT2D eigenvalue weighted by Gasteiger charge is -2.17. The molecule has 0 bridgehead atoms. The molecule has 1 unspecified atom stereocenters. The van der Waals surface area contributed by atoms with Crippen LogP contribution in [0.5, 0.6) is 0 Å². The number of carbonyl (C=O) groups is 3. The molecule has 0 aromatic heterocycles. The van der Waals surface area contributed by atoms with Crippen LogP contribution in [0.3, 0.4) is 0 Å². The number of Topliss-reactive ketones (excluding diaryl/α,β-unsaturated/α-hetero) is 1. The quantitative estimate of drug-likeness (QED) is 0.515. The van der Waals surface area contributed by atoms with Crippen LogP contribution in [-0.4, -0.2) is 35.6 Å². The van der Waals surface area contributed by atoms with Gasteiger partial charge in [0.15, 0.2) is 5.78 Å². The second kappa shape index (κ2) is 9.20. The van der Waals surface area contributed by atoms with Gasteiger partial charge in [0.05, 0.1) is 5.56 Å². The summed E-state index contributed by atoms with van der Waals surface area (Å²) in [6, 6.07) is 16.2. The molecule has 3 aromatic rings. The number of benzene rings is 3. The summed E-state index contributed by atoms with van der Waals surface area (Å²) in [5, 5.41) is 11.5. The van der Waals surface area contributed by atoms with Crippen LogP contribution in [0.15, 0.2) is 66.7 Å². The van der Waals surface area contributed by atoms with Crippen molar-refractivity contribution < 1.29 is 33.0 Å². The molecule has 0 heterocycles. The van der Waals surface area contributed by atoms with Crippen molar-refractivity contribution in [1.82, 2.24) is 5.32 Å². The van der Waals surface area contributed by atoms with Crippen molar-refractivity contribution in [1.29, 1.82) is 0 Å². The van der Waals surface area contributed by atoms with Crippen molar-refractivity contribution in [2.75, 3.05) is 6.61 Å². The van der Waals surface area contributed by atoms with Crippen LogP contribution < -0.4 is 5.32 Å². The summed E-state index contributed by atoms with van der Waals surface area (Å²) >= 11 is 0. The number of carbonyl (C=O) groups excluding carboxylic acids is 2. The third kappa shape index (κ3) is 4.59. The van der Waals surface area contributed by atoms with E-state index in [0.29, 0.717) is 6.07 Å². The van der Waals surface area contributed by atoms with Gasteiger partial charge >= 0.3 is 12.1 Å². The molecule has 1 amide bonds. The molecule has 1 aliphatic rings. The Hall–Kier alpha value is -4.07. The van der Waals surface area contributed by atoms with E-state index >= 15 is 0 Å². The van der Waals surface area contributed by atoms with Crippen molar-refractivity contribution in [3.63, 3.8) is 0 Å². The molecule has 3 aromatic carbocycles. The Kier molecular flexibility index (Phi) is 6.17. The van der Waals surface area contributed by atoms with Crippen molar-refractivity contribution >= 4 is 17.8 Å². The molecular formula is C25H19F2NO5. The average Bonchev–Trinajstić information content (AvgIpc) is 3.11. The van der Waals surface area contributed by atoms with E-state index < -0.39 is 47.5 Å². The molecule has 0 radical (unpaired) electrons.